The van der Waals surface area contributed by atoms with Crippen molar-refractivity contribution >= 4 is 29.3 Å². The molecule has 0 bridgehead atoms. The van der Waals surface area contributed by atoms with Gasteiger partial charge in [0.15, 0.2) is 11.5 Å². The molecule has 0 unspecified atom stereocenters. The zero-order valence-corrected chi connectivity index (χ0v) is 16.3. The van der Waals surface area contributed by atoms with Gasteiger partial charge < -0.3 is 20.9 Å². The fourth-order valence-corrected chi connectivity index (χ4v) is 3.91. The Balaban J connectivity index is 1.41. The zero-order valence-electron chi connectivity index (χ0n) is 16.3. The summed E-state index contributed by atoms with van der Waals surface area (Å²) in [4.78, 5) is 41.8. The number of nitrogen functional groups attached to an aromatic ring is 1. The first-order chi connectivity index (χ1) is 14.1. The summed E-state index contributed by atoms with van der Waals surface area (Å²) in [6.45, 7) is 2.60. The summed E-state index contributed by atoms with van der Waals surface area (Å²) in [5.41, 5.74) is 5.95. The molecule has 2 aliphatic rings. The molecule has 9 nitrogen and oxygen atoms in total. The summed E-state index contributed by atoms with van der Waals surface area (Å²) in [6.07, 6.45) is 7.49. The molecule has 1 aliphatic heterocycles. The lowest BCUT2D eigenvalue weighted by Crippen LogP contribution is -2.50. The molecule has 1 saturated heterocycles. The predicted molar refractivity (Wildman–Crippen MR) is 109 cm³/mol. The Hall–Kier alpha value is -3.23. The van der Waals surface area contributed by atoms with Crippen molar-refractivity contribution in [2.75, 3.05) is 42.1 Å². The predicted octanol–water partition coefficient (Wildman–Crippen LogP) is 1.54. The van der Waals surface area contributed by atoms with Crippen LogP contribution in [-0.4, -0.2) is 57.8 Å². The third-order valence-corrected chi connectivity index (χ3v) is 5.53. The van der Waals surface area contributed by atoms with Crippen molar-refractivity contribution in [1.29, 1.82) is 0 Å². The summed E-state index contributed by atoms with van der Waals surface area (Å²) in [5, 5.41) is 2.68. The van der Waals surface area contributed by atoms with E-state index in [2.05, 4.69) is 20.3 Å². The topological polar surface area (TPSA) is 117 Å². The number of hydrogen-bond donors (Lipinski definition) is 2. The molecule has 2 aromatic rings. The van der Waals surface area contributed by atoms with Gasteiger partial charge in [0.1, 0.15) is 11.6 Å². The number of anilines is 3. The van der Waals surface area contributed by atoms with E-state index in [-0.39, 0.29) is 23.3 Å². The minimum absolute atomic E-state index is 0.0669. The van der Waals surface area contributed by atoms with Crippen LogP contribution in [0.5, 0.6) is 0 Å². The molecule has 1 saturated carbocycles. The number of pyridine rings is 1. The zero-order chi connectivity index (χ0) is 20.2. The second-order valence-electron chi connectivity index (χ2n) is 7.42. The van der Waals surface area contributed by atoms with Crippen molar-refractivity contribution in [1.82, 2.24) is 19.9 Å². The first-order valence-corrected chi connectivity index (χ1v) is 10.0. The number of carbonyl (C=O) groups is 2. The number of hydrogen-bond acceptors (Lipinski definition) is 7. The summed E-state index contributed by atoms with van der Waals surface area (Å²) >= 11 is 0. The van der Waals surface area contributed by atoms with Crippen molar-refractivity contribution in [3.63, 3.8) is 0 Å². The van der Waals surface area contributed by atoms with Gasteiger partial charge >= 0.3 is 0 Å². The fourth-order valence-electron chi connectivity index (χ4n) is 3.91. The van der Waals surface area contributed by atoms with Gasteiger partial charge in [-0.3, -0.25) is 9.59 Å². The van der Waals surface area contributed by atoms with Crippen LogP contribution in [0.25, 0.3) is 0 Å². The van der Waals surface area contributed by atoms with E-state index in [9.17, 15) is 9.59 Å². The maximum Gasteiger partial charge on any atom is 0.279 e. The Morgan fingerprint density at radius 2 is 1.83 bits per heavy atom. The minimum Gasteiger partial charge on any atom is -0.382 e. The summed E-state index contributed by atoms with van der Waals surface area (Å²) in [6, 6.07) is 5.23. The molecule has 152 valence electrons. The quantitative estimate of drug-likeness (QED) is 0.806. The Morgan fingerprint density at radius 1 is 1.07 bits per heavy atom. The highest BCUT2D eigenvalue weighted by molar-refractivity contribution is 6.05. The van der Waals surface area contributed by atoms with E-state index in [0.29, 0.717) is 37.8 Å². The van der Waals surface area contributed by atoms with Crippen LogP contribution in [0.4, 0.5) is 17.5 Å². The van der Waals surface area contributed by atoms with Gasteiger partial charge in [-0.05, 0) is 25.0 Å². The monoisotopic (exact) mass is 395 g/mol. The van der Waals surface area contributed by atoms with Crippen molar-refractivity contribution < 1.29 is 9.59 Å². The van der Waals surface area contributed by atoms with Gasteiger partial charge in [0, 0.05) is 38.3 Å². The SMILES string of the molecule is Nc1ncc(N2CCN(C(=O)C3CCCC3)CC2)nc1C(=O)Nc1ccccn1. The molecule has 1 aliphatic carbocycles. The van der Waals surface area contributed by atoms with Gasteiger partial charge in [-0.1, -0.05) is 18.9 Å². The van der Waals surface area contributed by atoms with E-state index in [1.54, 1.807) is 30.6 Å². The third kappa shape index (κ3) is 4.28. The molecule has 2 fully saturated rings. The minimum atomic E-state index is -0.453. The van der Waals surface area contributed by atoms with Gasteiger partial charge in [0.05, 0.1) is 6.20 Å². The largest absolute Gasteiger partial charge is 0.382 e. The molecule has 3 N–H and O–H groups in total. The van der Waals surface area contributed by atoms with E-state index in [0.717, 1.165) is 25.7 Å². The summed E-state index contributed by atoms with van der Waals surface area (Å²) < 4.78 is 0. The second kappa shape index (κ2) is 8.42. The standard InChI is InChI=1S/C20H25N7O2/c21-18-17(19(28)24-15-7-3-4-8-22-15)25-16(13-23-18)26-9-11-27(12-10-26)20(29)14-5-1-2-6-14/h3-4,7-8,13-14H,1-2,5-6,9-12H2,(H2,21,23)(H,22,24,28). The van der Waals surface area contributed by atoms with Crippen LogP contribution < -0.4 is 16.0 Å². The van der Waals surface area contributed by atoms with Crippen LogP contribution in [0.2, 0.25) is 0 Å². The highest BCUT2D eigenvalue weighted by atomic mass is 16.2. The first kappa shape index (κ1) is 19.1. The van der Waals surface area contributed by atoms with E-state index in [4.69, 9.17) is 5.73 Å². The number of amides is 2. The molecule has 0 radical (unpaired) electrons. The summed E-state index contributed by atoms with van der Waals surface area (Å²) in [7, 11) is 0. The third-order valence-electron chi connectivity index (χ3n) is 5.53. The van der Waals surface area contributed by atoms with Gasteiger partial charge in [-0.25, -0.2) is 15.0 Å². The number of piperazine rings is 1. The van der Waals surface area contributed by atoms with Crippen LogP contribution >= 0.6 is 0 Å². The average molecular weight is 395 g/mol. The highest BCUT2D eigenvalue weighted by Crippen LogP contribution is 2.27. The van der Waals surface area contributed by atoms with Crippen molar-refractivity contribution in [3.05, 3.63) is 36.3 Å². The van der Waals surface area contributed by atoms with Crippen LogP contribution in [-0.2, 0) is 4.79 Å². The normalized spacial score (nSPS) is 17.4. The van der Waals surface area contributed by atoms with E-state index in [1.807, 2.05) is 9.80 Å². The smallest absolute Gasteiger partial charge is 0.279 e. The van der Waals surface area contributed by atoms with E-state index >= 15 is 0 Å². The van der Waals surface area contributed by atoms with Crippen molar-refractivity contribution in [2.45, 2.75) is 25.7 Å². The molecule has 29 heavy (non-hydrogen) atoms. The molecular weight excluding hydrogens is 370 g/mol. The molecule has 0 aromatic carbocycles. The molecule has 2 amide bonds. The molecular formula is C20H25N7O2. The van der Waals surface area contributed by atoms with Crippen molar-refractivity contribution in [2.24, 2.45) is 5.92 Å². The lowest BCUT2D eigenvalue weighted by Gasteiger charge is -2.36. The van der Waals surface area contributed by atoms with Crippen LogP contribution in [0.15, 0.2) is 30.6 Å². The number of nitrogens with zero attached hydrogens (tertiary/aromatic N) is 5. The van der Waals surface area contributed by atoms with Crippen molar-refractivity contribution in [3.8, 4) is 0 Å². The number of nitrogens with one attached hydrogen (secondary N) is 1. The number of aromatic nitrogens is 3. The Bertz CT molecular complexity index is 876. The number of carbonyl (C=O) groups excluding carboxylic acids is 2. The highest BCUT2D eigenvalue weighted by Gasteiger charge is 2.30. The molecule has 0 atom stereocenters. The second-order valence-corrected chi connectivity index (χ2v) is 7.42. The van der Waals surface area contributed by atoms with Crippen LogP contribution in [0.1, 0.15) is 36.2 Å². The lowest BCUT2D eigenvalue weighted by atomic mass is 10.1. The molecule has 3 heterocycles. The summed E-state index contributed by atoms with van der Waals surface area (Å²) in [5.74, 6) is 1.09. The van der Waals surface area contributed by atoms with Gasteiger partial charge in [-0.2, -0.15) is 0 Å². The fraction of sp³-hybridized carbons (Fsp3) is 0.450. The van der Waals surface area contributed by atoms with Gasteiger partial charge in [-0.15, -0.1) is 0 Å². The maximum absolute atomic E-state index is 12.6. The Kier molecular flexibility index (Phi) is 5.55. The molecule has 0 spiro atoms. The lowest BCUT2D eigenvalue weighted by molar-refractivity contribution is -0.135. The van der Waals surface area contributed by atoms with Crippen LogP contribution in [0.3, 0.4) is 0 Å². The van der Waals surface area contributed by atoms with Gasteiger partial charge in [0.25, 0.3) is 5.91 Å². The Labute approximate surface area is 169 Å². The molecule has 2 aromatic heterocycles. The maximum atomic E-state index is 12.6. The van der Waals surface area contributed by atoms with E-state index in [1.165, 1.54) is 0 Å². The molecule has 4 rings (SSSR count). The van der Waals surface area contributed by atoms with Crippen LogP contribution in [0, 0.1) is 5.92 Å². The average Bonchev–Trinajstić information content (AvgIpc) is 3.29. The van der Waals surface area contributed by atoms with E-state index < -0.39 is 5.91 Å². The molecule has 9 heteroatoms. The Morgan fingerprint density at radius 3 is 2.52 bits per heavy atom. The number of rotatable bonds is 4. The first-order valence-electron chi connectivity index (χ1n) is 10.0. The number of nitrogens with two attached hydrogens (primary N) is 1. The van der Waals surface area contributed by atoms with Gasteiger partial charge in [0.2, 0.25) is 5.91 Å².